The van der Waals surface area contributed by atoms with Gasteiger partial charge < -0.3 is 25.1 Å². The molecule has 0 saturated heterocycles. The highest BCUT2D eigenvalue weighted by Gasteiger charge is 2.39. The van der Waals surface area contributed by atoms with Crippen LogP contribution in [0.2, 0.25) is 0 Å². The normalized spacial score (nSPS) is 15.9. The monoisotopic (exact) mass is 500 g/mol. The number of aliphatic carboxylic acids is 1. The third-order valence-corrected chi connectivity index (χ3v) is 6.68. The van der Waals surface area contributed by atoms with E-state index >= 15 is 0 Å². The summed E-state index contributed by atoms with van der Waals surface area (Å²) in [6.45, 7) is 0. The Morgan fingerprint density at radius 1 is 1.11 bits per heavy atom. The van der Waals surface area contributed by atoms with E-state index in [-0.39, 0.29) is 34.0 Å². The second kappa shape index (κ2) is 8.89. The van der Waals surface area contributed by atoms with Crippen molar-refractivity contribution in [3.05, 3.63) is 59.5 Å². The largest absolute Gasteiger partial charge is 0.508 e. The Morgan fingerprint density at radius 2 is 1.86 bits per heavy atom. The van der Waals surface area contributed by atoms with Crippen LogP contribution >= 0.6 is 0 Å². The van der Waals surface area contributed by atoms with E-state index in [4.69, 9.17) is 0 Å². The van der Waals surface area contributed by atoms with Gasteiger partial charge >= 0.3 is 12.1 Å². The highest BCUT2D eigenvalue weighted by molar-refractivity contribution is 6.00. The fraction of sp³-hybridized carbons (Fsp3) is 0.320. The first-order valence-corrected chi connectivity index (χ1v) is 11.6. The minimum atomic E-state index is -4.66. The molecule has 1 aliphatic rings. The summed E-state index contributed by atoms with van der Waals surface area (Å²) in [6, 6.07) is 6.66. The Morgan fingerprint density at radius 3 is 2.56 bits per heavy atom. The zero-order chi connectivity index (χ0) is 25.6. The van der Waals surface area contributed by atoms with E-state index in [0.29, 0.717) is 23.7 Å². The molecule has 8 nitrogen and oxygen atoms in total. The number of hydrogen-bond donors (Lipinski definition) is 4. The number of phenols is 1. The lowest BCUT2D eigenvalue weighted by molar-refractivity contribution is -0.147. The van der Waals surface area contributed by atoms with Crippen molar-refractivity contribution < 1.29 is 33.0 Å². The summed E-state index contributed by atoms with van der Waals surface area (Å²) in [6.07, 6.45) is 0.667. The number of carboxylic acid groups (broad SMARTS) is 1. The summed E-state index contributed by atoms with van der Waals surface area (Å²) < 4.78 is 42.7. The summed E-state index contributed by atoms with van der Waals surface area (Å²) >= 11 is 0. The molecular weight excluding hydrogens is 477 g/mol. The summed E-state index contributed by atoms with van der Waals surface area (Å²) in [4.78, 5) is 31.7. The van der Waals surface area contributed by atoms with Gasteiger partial charge in [0.1, 0.15) is 5.75 Å². The van der Waals surface area contributed by atoms with Crippen molar-refractivity contribution in [2.75, 3.05) is 0 Å². The molecule has 2 heterocycles. The molecule has 1 atom stereocenters. The number of nitrogens with zero attached hydrogens (tertiary/aromatic N) is 2. The van der Waals surface area contributed by atoms with Gasteiger partial charge in [-0.05, 0) is 49.2 Å². The number of carboxylic acids is 1. The van der Waals surface area contributed by atoms with Gasteiger partial charge in [-0.15, -0.1) is 0 Å². The van der Waals surface area contributed by atoms with Gasteiger partial charge in [0.25, 0.3) is 5.91 Å². The Hall–Kier alpha value is -4.02. The van der Waals surface area contributed by atoms with Crippen LogP contribution in [0.4, 0.5) is 13.2 Å². The Labute approximate surface area is 202 Å². The fourth-order valence-electron chi connectivity index (χ4n) is 5.00. The number of aromatic amines is 1. The van der Waals surface area contributed by atoms with Gasteiger partial charge in [-0.25, -0.2) is 9.78 Å². The topological polar surface area (TPSA) is 120 Å². The first-order valence-electron chi connectivity index (χ1n) is 11.6. The van der Waals surface area contributed by atoms with Crippen molar-refractivity contribution in [2.24, 2.45) is 0 Å². The van der Waals surface area contributed by atoms with Gasteiger partial charge in [-0.2, -0.15) is 13.2 Å². The van der Waals surface area contributed by atoms with Crippen molar-refractivity contribution >= 4 is 33.8 Å². The molecule has 5 rings (SSSR count). The Kier molecular flexibility index (Phi) is 5.85. The van der Waals surface area contributed by atoms with Gasteiger partial charge in [-0.1, -0.05) is 19.3 Å². The Bertz CT molecular complexity index is 1470. The number of carbonyl (C=O) groups is 2. The van der Waals surface area contributed by atoms with Crippen LogP contribution in [0, 0.1) is 0 Å². The van der Waals surface area contributed by atoms with Crippen molar-refractivity contribution in [1.29, 1.82) is 0 Å². The first kappa shape index (κ1) is 23.7. The number of phenolic OH excluding ortho intramolecular Hbond substituents is 1. The number of nitrogens with one attached hydrogen (secondary N) is 2. The lowest BCUT2D eigenvalue weighted by Crippen LogP contribution is -2.33. The predicted molar refractivity (Wildman–Crippen MR) is 125 cm³/mol. The van der Waals surface area contributed by atoms with E-state index in [2.05, 4.69) is 15.3 Å². The number of fused-ring (bicyclic) bond motifs is 2. The van der Waals surface area contributed by atoms with Crippen LogP contribution in [0.1, 0.15) is 65.9 Å². The van der Waals surface area contributed by atoms with Crippen LogP contribution in [-0.4, -0.2) is 36.6 Å². The van der Waals surface area contributed by atoms with Crippen molar-refractivity contribution in [3.8, 4) is 5.75 Å². The second-order valence-electron chi connectivity index (χ2n) is 9.02. The maximum Gasteiger partial charge on any atom is 0.449 e. The van der Waals surface area contributed by atoms with Crippen LogP contribution in [0.3, 0.4) is 0 Å². The fourth-order valence-corrected chi connectivity index (χ4v) is 5.00. The van der Waals surface area contributed by atoms with E-state index in [1.807, 2.05) is 0 Å². The number of H-pyrrole nitrogens is 1. The van der Waals surface area contributed by atoms with Crippen LogP contribution in [-0.2, 0) is 11.0 Å². The molecule has 4 aromatic rings. The number of aromatic hydroxyl groups is 1. The molecule has 0 bridgehead atoms. The molecule has 2 aromatic carbocycles. The van der Waals surface area contributed by atoms with Crippen LogP contribution in [0.25, 0.3) is 21.9 Å². The van der Waals surface area contributed by atoms with Gasteiger partial charge in [0.15, 0.2) is 6.04 Å². The third-order valence-electron chi connectivity index (χ3n) is 6.68. The highest BCUT2D eigenvalue weighted by Crippen LogP contribution is 2.38. The highest BCUT2D eigenvalue weighted by atomic mass is 19.4. The standard InChI is InChI=1S/C25H23F3N4O4/c26-25(27,28)24-30-19-10-13(6-9-20(19)32(24)14-4-2-1-3-5-14)22(34)31-21(23(35)36)17-12-29-18-8-7-15(33)11-16(17)18/h6-12,14,21,29,33H,1-5H2,(H,31,34)(H,35,36)/t21-/m0/s1. The predicted octanol–water partition coefficient (Wildman–Crippen LogP) is 5.30. The van der Waals surface area contributed by atoms with Gasteiger partial charge in [-0.3, -0.25) is 4.79 Å². The number of rotatable bonds is 5. The van der Waals surface area contributed by atoms with Gasteiger partial charge in [0, 0.05) is 34.3 Å². The van der Waals surface area contributed by atoms with Gasteiger partial charge in [0.05, 0.1) is 11.0 Å². The van der Waals surface area contributed by atoms with E-state index in [1.165, 1.54) is 41.1 Å². The van der Waals surface area contributed by atoms with E-state index in [1.54, 1.807) is 6.07 Å². The number of aromatic nitrogens is 3. The average molecular weight is 500 g/mol. The summed E-state index contributed by atoms with van der Waals surface area (Å²) in [5.41, 5.74) is 1.08. The minimum Gasteiger partial charge on any atom is -0.508 e. The lowest BCUT2D eigenvalue weighted by Gasteiger charge is -2.26. The summed E-state index contributed by atoms with van der Waals surface area (Å²) in [7, 11) is 0. The number of hydrogen-bond acceptors (Lipinski definition) is 4. The molecule has 1 aliphatic carbocycles. The molecule has 11 heteroatoms. The number of amides is 1. The van der Waals surface area contributed by atoms with E-state index < -0.39 is 29.9 Å². The maximum atomic E-state index is 13.8. The molecule has 0 radical (unpaired) electrons. The minimum absolute atomic E-state index is 0.0153. The van der Waals surface area contributed by atoms with E-state index in [9.17, 15) is 33.0 Å². The van der Waals surface area contributed by atoms with Crippen molar-refractivity contribution in [1.82, 2.24) is 19.9 Å². The number of benzene rings is 2. The number of halogens is 3. The van der Waals surface area contributed by atoms with Crippen LogP contribution in [0.15, 0.2) is 42.6 Å². The summed E-state index contributed by atoms with van der Waals surface area (Å²) in [5, 5.41) is 22.4. The third kappa shape index (κ3) is 4.25. The first-order chi connectivity index (χ1) is 17.1. The van der Waals surface area contributed by atoms with Crippen molar-refractivity contribution in [3.63, 3.8) is 0 Å². The molecule has 2 aromatic heterocycles. The van der Waals surface area contributed by atoms with Crippen LogP contribution in [0.5, 0.6) is 5.75 Å². The lowest BCUT2D eigenvalue weighted by atomic mass is 9.95. The molecule has 0 unspecified atom stereocenters. The second-order valence-corrected chi connectivity index (χ2v) is 9.02. The SMILES string of the molecule is O=C(N[C@H](C(=O)O)c1c[nH]c2ccc(O)cc12)c1ccc2c(c1)nc(C(F)(F)F)n2C1CCCCC1. The zero-order valence-electron chi connectivity index (χ0n) is 19.0. The summed E-state index contributed by atoms with van der Waals surface area (Å²) in [5.74, 6) is -3.18. The number of imidazole rings is 1. The number of alkyl halides is 3. The quantitative estimate of drug-likeness (QED) is 0.296. The zero-order valence-corrected chi connectivity index (χ0v) is 19.0. The molecule has 0 aliphatic heterocycles. The molecule has 0 spiro atoms. The molecule has 188 valence electrons. The average Bonchev–Trinajstić information content (AvgIpc) is 3.43. The molecule has 36 heavy (non-hydrogen) atoms. The van der Waals surface area contributed by atoms with E-state index in [0.717, 1.165) is 19.3 Å². The molecular formula is C25H23F3N4O4. The molecule has 4 N–H and O–H groups in total. The number of carbonyl (C=O) groups excluding carboxylic acids is 1. The molecule has 1 fully saturated rings. The Balaban J connectivity index is 1.50. The molecule has 1 saturated carbocycles. The maximum absolute atomic E-state index is 13.8. The molecule has 1 amide bonds. The van der Waals surface area contributed by atoms with Crippen LogP contribution < -0.4 is 5.32 Å². The van der Waals surface area contributed by atoms with Crippen molar-refractivity contribution in [2.45, 2.75) is 50.4 Å². The van der Waals surface area contributed by atoms with Gasteiger partial charge in [0.2, 0.25) is 5.82 Å². The smallest absolute Gasteiger partial charge is 0.449 e.